The Labute approximate surface area is 88.6 Å². The number of unbranched alkanes of at least 4 members (excludes halogenated alkanes) is 1. The van der Waals surface area contributed by atoms with Crippen LogP contribution in [0.3, 0.4) is 0 Å². The van der Waals surface area contributed by atoms with Crippen molar-refractivity contribution >= 4 is 0 Å². The Kier molecular flexibility index (Phi) is 5.49. The molecule has 2 nitrogen and oxygen atoms in total. The van der Waals surface area contributed by atoms with Crippen LogP contribution >= 0.6 is 0 Å². The summed E-state index contributed by atoms with van der Waals surface area (Å²) in [6, 6.07) is 0. The molecule has 0 aliphatic heterocycles. The van der Waals surface area contributed by atoms with Crippen LogP contribution in [0.15, 0.2) is 0 Å². The van der Waals surface area contributed by atoms with Gasteiger partial charge in [0.1, 0.15) is 0 Å². The Morgan fingerprint density at radius 1 is 1.14 bits per heavy atom. The summed E-state index contributed by atoms with van der Waals surface area (Å²) in [4.78, 5) is 0. The average Bonchev–Trinajstić information content (AvgIpc) is 2.18. The highest BCUT2D eigenvalue weighted by molar-refractivity contribution is 4.80. The predicted molar refractivity (Wildman–Crippen MR) is 62.4 cm³/mol. The highest BCUT2D eigenvalue weighted by atomic mass is 14.9. The van der Waals surface area contributed by atoms with Crippen LogP contribution in [0.2, 0.25) is 0 Å². The van der Waals surface area contributed by atoms with Gasteiger partial charge in [0, 0.05) is 6.54 Å². The van der Waals surface area contributed by atoms with E-state index in [1.54, 1.807) is 0 Å². The van der Waals surface area contributed by atoms with Gasteiger partial charge in [-0.25, -0.2) is 0 Å². The Morgan fingerprint density at radius 2 is 1.86 bits per heavy atom. The van der Waals surface area contributed by atoms with E-state index >= 15 is 0 Å². The summed E-state index contributed by atoms with van der Waals surface area (Å²) in [5.74, 6) is 0. The van der Waals surface area contributed by atoms with Gasteiger partial charge in [0.05, 0.1) is 0 Å². The van der Waals surface area contributed by atoms with Gasteiger partial charge in [0.15, 0.2) is 0 Å². The van der Waals surface area contributed by atoms with E-state index in [-0.39, 0.29) is 0 Å². The van der Waals surface area contributed by atoms with E-state index in [9.17, 15) is 0 Å². The van der Waals surface area contributed by atoms with Gasteiger partial charge in [-0.05, 0) is 44.2 Å². The smallest absolute Gasteiger partial charge is 0.000516 e. The average molecular weight is 198 g/mol. The van der Waals surface area contributed by atoms with Crippen molar-refractivity contribution in [2.24, 2.45) is 11.1 Å². The molecule has 1 fully saturated rings. The molecule has 0 bridgehead atoms. The first-order valence-corrected chi connectivity index (χ1v) is 6.18. The second kappa shape index (κ2) is 6.41. The summed E-state index contributed by atoms with van der Waals surface area (Å²) in [5.41, 5.74) is 6.04. The number of hydrogen-bond donors (Lipinski definition) is 2. The first kappa shape index (κ1) is 12.0. The van der Waals surface area contributed by atoms with E-state index in [4.69, 9.17) is 5.73 Å². The molecular weight excluding hydrogens is 172 g/mol. The van der Waals surface area contributed by atoms with E-state index < -0.39 is 0 Å². The van der Waals surface area contributed by atoms with Gasteiger partial charge in [-0.1, -0.05) is 26.2 Å². The Hall–Kier alpha value is -0.0800. The molecule has 0 spiro atoms. The minimum atomic E-state index is 0.584. The molecule has 0 unspecified atom stereocenters. The number of nitrogens with two attached hydrogens (primary N) is 1. The predicted octanol–water partition coefficient (Wildman–Crippen LogP) is 2.29. The summed E-state index contributed by atoms with van der Waals surface area (Å²) in [7, 11) is 0. The fraction of sp³-hybridized carbons (Fsp3) is 1.00. The molecule has 0 heterocycles. The maximum atomic E-state index is 5.45. The molecule has 0 amide bonds. The molecule has 2 heteroatoms. The van der Waals surface area contributed by atoms with Crippen LogP contribution in [-0.4, -0.2) is 19.6 Å². The molecule has 0 atom stereocenters. The zero-order valence-corrected chi connectivity index (χ0v) is 9.65. The van der Waals surface area contributed by atoms with Crippen molar-refractivity contribution in [3.8, 4) is 0 Å². The van der Waals surface area contributed by atoms with Gasteiger partial charge >= 0.3 is 0 Å². The van der Waals surface area contributed by atoms with Gasteiger partial charge in [0.25, 0.3) is 0 Å². The lowest BCUT2D eigenvalue weighted by molar-refractivity contribution is 0.208. The van der Waals surface area contributed by atoms with Crippen molar-refractivity contribution in [3.63, 3.8) is 0 Å². The van der Waals surface area contributed by atoms with Crippen molar-refractivity contribution in [2.75, 3.05) is 19.6 Å². The van der Waals surface area contributed by atoms with E-state index in [1.165, 1.54) is 45.1 Å². The Bertz CT molecular complexity index is 139. The third-order valence-corrected chi connectivity index (χ3v) is 3.42. The quantitative estimate of drug-likeness (QED) is 0.643. The van der Waals surface area contributed by atoms with Crippen LogP contribution < -0.4 is 11.1 Å². The normalized spacial score (nSPS) is 21.0. The van der Waals surface area contributed by atoms with E-state index in [2.05, 4.69) is 12.2 Å². The lowest BCUT2D eigenvalue weighted by Crippen LogP contribution is -2.34. The summed E-state index contributed by atoms with van der Waals surface area (Å²) < 4.78 is 0. The first-order valence-electron chi connectivity index (χ1n) is 6.18. The Balaban J connectivity index is 2.03. The summed E-state index contributed by atoms with van der Waals surface area (Å²) in [6.07, 6.45) is 9.52. The van der Waals surface area contributed by atoms with Crippen molar-refractivity contribution in [2.45, 2.75) is 51.9 Å². The van der Waals surface area contributed by atoms with Crippen LogP contribution in [0.5, 0.6) is 0 Å². The highest BCUT2D eigenvalue weighted by Gasteiger charge is 2.25. The molecule has 0 saturated heterocycles. The summed E-state index contributed by atoms with van der Waals surface area (Å²) >= 11 is 0. The molecule has 14 heavy (non-hydrogen) atoms. The molecule has 0 aromatic heterocycles. The lowest BCUT2D eigenvalue weighted by Gasteiger charge is -2.33. The highest BCUT2D eigenvalue weighted by Crippen LogP contribution is 2.34. The molecule has 0 aromatic rings. The molecule has 1 aliphatic rings. The van der Waals surface area contributed by atoms with E-state index in [0.29, 0.717) is 5.41 Å². The van der Waals surface area contributed by atoms with Crippen LogP contribution in [0.4, 0.5) is 0 Å². The first-order chi connectivity index (χ1) is 6.77. The molecule has 3 N–H and O–H groups in total. The van der Waals surface area contributed by atoms with E-state index in [0.717, 1.165) is 19.5 Å². The fourth-order valence-corrected chi connectivity index (χ4v) is 2.37. The monoisotopic (exact) mass is 198 g/mol. The molecule has 1 aliphatic carbocycles. The van der Waals surface area contributed by atoms with Crippen LogP contribution in [0, 0.1) is 5.41 Å². The molecule has 1 rings (SSSR count). The van der Waals surface area contributed by atoms with E-state index in [1.807, 2.05) is 0 Å². The third-order valence-electron chi connectivity index (χ3n) is 3.42. The lowest BCUT2D eigenvalue weighted by atomic mass is 9.76. The largest absolute Gasteiger partial charge is 0.330 e. The maximum absolute atomic E-state index is 5.45. The molecule has 0 radical (unpaired) electrons. The van der Waals surface area contributed by atoms with Crippen LogP contribution in [0.1, 0.15) is 51.9 Å². The minimum Gasteiger partial charge on any atom is -0.330 e. The second-order valence-corrected chi connectivity index (χ2v) is 5.04. The van der Waals surface area contributed by atoms with Gasteiger partial charge in [-0.2, -0.15) is 0 Å². The van der Waals surface area contributed by atoms with Crippen molar-refractivity contribution in [3.05, 3.63) is 0 Å². The van der Waals surface area contributed by atoms with Gasteiger partial charge < -0.3 is 11.1 Å². The third kappa shape index (κ3) is 4.43. The van der Waals surface area contributed by atoms with Gasteiger partial charge in [0.2, 0.25) is 0 Å². The number of nitrogens with one attached hydrogen (secondary N) is 1. The van der Waals surface area contributed by atoms with Gasteiger partial charge in [-0.3, -0.25) is 0 Å². The molecule has 1 saturated carbocycles. The standard InChI is InChI=1S/C12H26N2/c1-12(7-3-2-4-8-12)11-14-10-6-5-9-13/h14H,2-11,13H2,1H3. The SMILES string of the molecule is CC1(CNCCCCN)CCCCC1. The fourth-order valence-electron chi connectivity index (χ4n) is 2.37. The molecule has 0 aromatic carbocycles. The summed E-state index contributed by atoms with van der Waals surface area (Å²) in [6.45, 7) is 5.62. The number of rotatable bonds is 6. The topological polar surface area (TPSA) is 38.0 Å². The zero-order valence-electron chi connectivity index (χ0n) is 9.65. The van der Waals surface area contributed by atoms with Gasteiger partial charge in [-0.15, -0.1) is 0 Å². The zero-order chi connectivity index (χ0) is 10.3. The van der Waals surface area contributed by atoms with Crippen molar-refractivity contribution in [1.29, 1.82) is 0 Å². The molecule has 84 valence electrons. The van der Waals surface area contributed by atoms with Crippen molar-refractivity contribution in [1.82, 2.24) is 5.32 Å². The van der Waals surface area contributed by atoms with Crippen LogP contribution in [-0.2, 0) is 0 Å². The second-order valence-electron chi connectivity index (χ2n) is 5.04. The van der Waals surface area contributed by atoms with Crippen LogP contribution in [0.25, 0.3) is 0 Å². The maximum Gasteiger partial charge on any atom is 0.000516 e. The molecular formula is C12H26N2. The van der Waals surface area contributed by atoms with Crippen molar-refractivity contribution < 1.29 is 0 Å². The summed E-state index contributed by atoms with van der Waals surface area (Å²) in [5, 5.41) is 3.57. The minimum absolute atomic E-state index is 0.584. The Morgan fingerprint density at radius 3 is 2.50 bits per heavy atom. The number of hydrogen-bond acceptors (Lipinski definition) is 2.